The van der Waals surface area contributed by atoms with E-state index in [2.05, 4.69) is 18.7 Å². The molecule has 1 heterocycles. The topological polar surface area (TPSA) is 75.8 Å². The fraction of sp³-hybridized carbons (Fsp3) is 0.345. The van der Waals surface area contributed by atoms with E-state index >= 15 is 0 Å². The number of nitrogens with two attached hydrogens (primary N) is 1. The monoisotopic (exact) mass is 492 g/mol. The predicted octanol–water partition coefficient (Wildman–Crippen LogP) is 5.53. The van der Waals surface area contributed by atoms with E-state index in [1.807, 2.05) is 60.7 Å². The first-order valence-corrected chi connectivity index (χ1v) is 12.4. The summed E-state index contributed by atoms with van der Waals surface area (Å²) in [7, 11) is 0. The highest BCUT2D eigenvalue weighted by Crippen LogP contribution is 2.40. The van der Waals surface area contributed by atoms with E-state index in [9.17, 15) is 9.90 Å². The average molecular weight is 493 g/mol. The number of phenols is 1. The summed E-state index contributed by atoms with van der Waals surface area (Å²) in [6, 6.07) is 24.4. The predicted molar refractivity (Wildman–Crippen MR) is 140 cm³/mol. The SMILES string of the molecule is CC(C)(CCC(C(N)=O)(c1ccccc1)c1ccccc1)N1CC[C@H](Oc2cc(O)ccc2Cl)C1. The summed E-state index contributed by atoms with van der Waals surface area (Å²) >= 11 is 6.25. The zero-order chi connectivity index (χ0) is 25.1. The molecular weight excluding hydrogens is 460 g/mol. The van der Waals surface area contributed by atoms with Gasteiger partial charge in [-0.1, -0.05) is 72.3 Å². The minimum absolute atomic E-state index is 0.0299. The molecule has 0 aromatic heterocycles. The zero-order valence-corrected chi connectivity index (χ0v) is 21.0. The molecule has 1 fully saturated rings. The van der Waals surface area contributed by atoms with Gasteiger partial charge in [-0.05, 0) is 56.4 Å². The lowest BCUT2D eigenvalue weighted by molar-refractivity contribution is -0.122. The minimum atomic E-state index is -0.912. The first-order chi connectivity index (χ1) is 16.7. The van der Waals surface area contributed by atoms with E-state index in [1.54, 1.807) is 18.2 Å². The highest BCUT2D eigenvalue weighted by Gasteiger charge is 2.43. The number of rotatable bonds is 9. The van der Waals surface area contributed by atoms with Crippen molar-refractivity contribution in [3.05, 3.63) is 95.0 Å². The Hall–Kier alpha value is -3.02. The fourth-order valence-electron chi connectivity index (χ4n) is 5.10. The Kier molecular flexibility index (Phi) is 7.39. The molecular formula is C29H33ClN2O3. The third-order valence-electron chi connectivity index (χ3n) is 7.28. The lowest BCUT2D eigenvalue weighted by atomic mass is 9.69. The van der Waals surface area contributed by atoms with Crippen molar-refractivity contribution in [3.8, 4) is 11.5 Å². The van der Waals surface area contributed by atoms with Crippen molar-refractivity contribution in [2.45, 2.75) is 50.2 Å². The van der Waals surface area contributed by atoms with E-state index in [4.69, 9.17) is 22.1 Å². The van der Waals surface area contributed by atoms with Crippen LogP contribution in [0.2, 0.25) is 5.02 Å². The molecule has 1 amide bonds. The van der Waals surface area contributed by atoms with Crippen LogP contribution in [0.1, 0.15) is 44.2 Å². The molecule has 0 unspecified atom stereocenters. The second kappa shape index (κ2) is 10.3. The van der Waals surface area contributed by atoms with Gasteiger partial charge in [-0.3, -0.25) is 9.69 Å². The maximum Gasteiger partial charge on any atom is 0.232 e. The molecule has 0 bridgehead atoms. The third kappa shape index (κ3) is 5.31. The van der Waals surface area contributed by atoms with Gasteiger partial charge in [0.1, 0.15) is 17.6 Å². The van der Waals surface area contributed by atoms with Crippen LogP contribution in [-0.4, -0.2) is 40.6 Å². The van der Waals surface area contributed by atoms with Crippen LogP contribution in [0.15, 0.2) is 78.9 Å². The molecule has 0 radical (unpaired) electrons. The van der Waals surface area contributed by atoms with Crippen molar-refractivity contribution in [2.24, 2.45) is 5.73 Å². The molecule has 0 spiro atoms. The van der Waals surface area contributed by atoms with Crippen LogP contribution < -0.4 is 10.5 Å². The van der Waals surface area contributed by atoms with Crippen molar-refractivity contribution in [1.82, 2.24) is 4.90 Å². The highest BCUT2D eigenvalue weighted by molar-refractivity contribution is 6.32. The van der Waals surface area contributed by atoms with Crippen molar-refractivity contribution < 1.29 is 14.6 Å². The quantitative estimate of drug-likeness (QED) is 0.412. The van der Waals surface area contributed by atoms with E-state index in [1.165, 1.54) is 0 Å². The van der Waals surface area contributed by atoms with Crippen LogP contribution >= 0.6 is 11.6 Å². The molecule has 3 aromatic carbocycles. The van der Waals surface area contributed by atoms with Crippen molar-refractivity contribution in [2.75, 3.05) is 13.1 Å². The van der Waals surface area contributed by atoms with Gasteiger partial charge in [-0.2, -0.15) is 0 Å². The molecule has 1 saturated heterocycles. The number of aromatic hydroxyl groups is 1. The van der Waals surface area contributed by atoms with Crippen LogP contribution in [0.4, 0.5) is 0 Å². The fourth-order valence-corrected chi connectivity index (χ4v) is 5.26. The molecule has 1 aliphatic heterocycles. The summed E-state index contributed by atoms with van der Waals surface area (Å²) in [5.41, 5.74) is 6.87. The molecule has 35 heavy (non-hydrogen) atoms. The van der Waals surface area contributed by atoms with E-state index in [-0.39, 0.29) is 23.3 Å². The molecule has 0 aliphatic carbocycles. The highest BCUT2D eigenvalue weighted by atomic mass is 35.5. The van der Waals surface area contributed by atoms with Gasteiger partial charge in [-0.25, -0.2) is 0 Å². The Morgan fingerprint density at radius 1 is 1.03 bits per heavy atom. The zero-order valence-electron chi connectivity index (χ0n) is 20.3. The van der Waals surface area contributed by atoms with Crippen LogP contribution in [0.5, 0.6) is 11.5 Å². The Morgan fingerprint density at radius 2 is 1.63 bits per heavy atom. The molecule has 6 heteroatoms. The normalized spacial score (nSPS) is 16.8. The molecule has 0 saturated carbocycles. The molecule has 3 N–H and O–H groups in total. The standard InChI is InChI=1S/C29H33ClN2O3/c1-28(2,32-18-15-24(20-32)35-26-19-23(33)13-14-25(26)30)16-17-29(27(31)34,21-9-5-3-6-10-21)22-11-7-4-8-12-22/h3-14,19,24,33H,15-18,20H2,1-2H3,(H2,31,34)/t24-/m0/s1. The van der Waals surface area contributed by atoms with E-state index < -0.39 is 5.41 Å². The second-order valence-corrected chi connectivity index (χ2v) is 10.3. The lowest BCUT2D eigenvalue weighted by Crippen LogP contribution is -2.47. The number of hydrogen-bond acceptors (Lipinski definition) is 4. The van der Waals surface area contributed by atoms with Crippen LogP contribution in [0.25, 0.3) is 0 Å². The summed E-state index contributed by atoms with van der Waals surface area (Å²) in [6.07, 6.45) is 2.18. The Balaban J connectivity index is 1.53. The lowest BCUT2D eigenvalue weighted by Gasteiger charge is -2.40. The first kappa shape index (κ1) is 25.1. The number of carbonyl (C=O) groups excluding carboxylic acids is 1. The van der Waals surface area contributed by atoms with Crippen LogP contribution in [-0.2, 0) is 10.2 Å². The van der Waals surface area contributed by atoms with Gasteiger partial charge >= 0.3 is 0 Å². The maximum atomic E-state index is 13.1. The van der Waals surface area contributed by atoms with Gasteiger partial charge in [0.25, 0.3) is 0 Å². The van der Waals surface area contributed by atoms with Crippen molar-refractivity contribution in [3.63, 3.8) is 0 Å². The number of halogens is 1. The summed E-state index contributed by atoms with van der Waals surface area (Å²) in [5.74, 6) is 0.285. The number of carbonyl (C=O) groups is 1. The summed E-state index contributed by atoms with van der Waals surface area (Å²) < 4.78 is 6.13. The molecule has 1 aliphatic rings. The second-order valence-electron chi connectivity index (χ2n) is 9.90. The number of hydrogen-bond donors (Lipinski definition) is 2. The largest absolute Gasteiger partial charge is 0.508 e. The Bertz CT molecular complexity index is 1110. The van der Waals surface area contributed by atoms with Gasteiger partial charge < -0.3 is 15.6 Å². The number of nitrogens with zero attached hydrogens (tertiary/aromatic N) is 1. The van der Waals surface area contributed by atoms with Gasteiger partial charge in [0.05, 0.1) is 10.4 Å². The maximum absolute atomic E-state index is 13.1. The molecule has 1 atom stereocenters. The molecule has 184 valence electrons. The van der Waals surface area contributed by atoms with Crippen LogP contribution in [0.3, 0.4) is 0 Å². The van der Waals surface area contributed by atoms with Gasteiger partial charge in [0.15, 0.2) is 0 Å². The Morgan fingerprint density at radius 3 is 2.20 bits per heavy atom. The molecule has 5 nitrogen and oxygen atoms in total. The Labute approximate surface area is 212 Å². The third-order valence-corrected chi connectivity index (χ3v) is 7.59. The number of ether oxygens (including phenoxy) is 1. The van der Waals surface area contributed by atoms with Crippen LogP contribution in [0, 0.1) is 0 Å². The number of benzene rings is 3. The number of likely N-dealkylation sites (tertiary alicyclic amines) is 1. The van der Waals surface area contributed by atoms with Crippen molar-refractivity contribution in [1.29, 1.82) is 0 Å². The first-order valence-electron chi connectivity index (χ1n) is 12.0. The average Bonchev–Trinajstić information content (AvgIpc) is 3.33. The minimum Gasteiger partial charge on any atom is -0.508 e. The summed E-state index contributed by atoms with van der Waals surface area (Å²) in [5, 5.41) is 10.3. The van der Waals surface area contributed by atoms with Gasteiger partial charge in [0, 0.05) is 24.7 Å². The summed E-state index contributed by atoms with van der Waals surface area (Å²) in [4.78, 5) is 15.5. The van der Waals surface area contributed by atoms with E-state index in [0.29, 0.717) is 17.2 Å². The number of phenolic OH excluding ortho intramolecular Hbond substituents is 1. The van der Waals surface area contributed by atoms with Gasteiger partial charge in [-0.15, -0.1) is 0 Å². The molecule has 3 aromatic rings. The van der Waals surface area contributed by atoms with Crippen molar-refractivity contribution >= 4 is 17.5 Å². The number of primary amides is 1. The number of amides is 1. The summed E-state index contributed by atoms with van der Waals surface area (Å²) in [6.45, 7) is 6.02. The van der Waals surface area contributed by atoms with E-state index in [0.717, 1.165) is 37.1 Å². The van der Waals surface area contributed by atoms with Gasteiger partial charge in [0.2, 0.25) is 5.91 Å². The smallest absolute Gasteiger partial charge is 0.232 e. The molecule has 4 rings (SSSR count).